The minimum Gasteiger partial charge on any atom is -0.356 e. The van der Waals surface area contributed by atoms with Crippen molar-refractivity contribution in [3.8, 4) is 0 Å². The molecule has 2 rings (SSSR count). The molecule has 1 aromatic rings. The molecule has 0 radical (unpaired) electrons. The van der Waals surface area contributed by atoms with Crippen LogP contribution >= 0.6 is 23.2 Å². The highest BCUT2D eigenvalue weighted by Gasteiger charge is 2.25. The van der Waals surface area contributed by atoms with Crippen LogP contribution in [0.25, 0.3) is 0 Å². The third-order valence-corrected chi connectivity index (χ3v) is 6.06. The molecule has 1 aliphatic heterocycles. The summed E-state index contributed by atoms with van der Waals surface area (Å²) >= 11 is 12.2. The van der Waals surface area contributed by atoms with Gasteiger partial charge in [0.2, 0.25) is 5.91 Å². The Morgan fingerprint density at radius 1 is 1.27 bits per heavy atom. The molecule has 1 fully saturated rings. The number of hydrogen-bond donors (Lipinski definition) is 1. The van der Waals surface area contributed by atoms with Crippen LogP contribution in [0.2, 0.25) is 10.0 Å². The monoisotopic (exact) mass is 398 g/mol. The van der Waals surface area contributed by atoms with Crippen LogP contribution in [0.1, 0.15) is 57.9 Å². The van der Waals surface area contributed by atoms with Gasteiger partial charge in [0.1, 0.15) is 0 Å². The fourth-order valence-electron chi connectivity index (χ4n) is 3.58. The molecule has 26 heavy (non-hydrogen) atoms. The number of halogens is 2. The molecule has 1 saturated heterocycles. The lowest BCUT2D eigenvalue weighted by molar-refractivity contribution is -0.126. The van der Waals surface area contributed by atoms with Gasteiger partial charge in [-0.1, -0.05) is 62.4 Å². The van der Waals surface area contributed by atoms with Gasteiger partial charge in [-0.2, -0.15) is 0 Å². The Balaban J connectivity index is 1.74. The third-order valence-electron chi connectivity index (χ3n) is 5.48. The average molecular weight is 399 g/mol. The molecule has 0 aromatic heterocycles. The van der Waals surface area contributed by atoms with Crippen molar-refractivity contribution in [1.82, 2.24) is 10.2 Å². The molecule has 1 atom stereocenters. The lowest BCUT2D eigenvalue weighted by Crippen LogP contribution is -2.41. The van der Waals surface area contributed by atoms with Crippen molar-refractivity contribution >= 4 is 29.1 Å². The molecule has 1 heterocycles. The van der Waals surface area contributed by atoms with Crippen molar-refractivity contribution in [3.05, 3.63) is 33.8 Å². The molecule has 0 unspecified atom stereocenters. The van der Waals surface area contributed by atoms with Gasteiger partial charge in [0.05, 0.1) is 0 Å². The standard InChI is InChI=1S/C21H32Cl2N2O/c1-3-5-6-16(4-2)14-24-21(26)17-9-11-25(12-10-17)15-18-7-8-19(22)13-20(18)23/h7-8,13,16-17H,3-6,9-12,14-15H2,1-2H3,(H,24,26)/t16-/m1/s1. The molecule has 0 aliphatic carbocycles. The van der Waals surface area contributed by atoms with E-state index in [1.807, 2.05) is 12.1 Å². The van der Waals surface area contributed by atoms with E-state index in [0.717, 1.165) is 56.0 Å². The number of piperidine rings is 1. The first-order chi connectivity index (χ1) is 12.5. The van der Waals surface area contributed by atoms with Crippen molar-refractivity contribution in [2.24, 2.45) is 11.8 Å². The summed E-state index contributed by atoms with van der Waals surface area (Å²) in [6.45, 7) is 7.95. The second-order valence-corrected chi connectivity index (χ2v) is 8.29. The number of carbonyl (C=O) groups is 1. The summed E-state index contributed by atoms with van der Waals surface area (Å²) in [4.78, 5) is 14.9. The first-order valence-electron chi connectivity index (χ1n) is 9.97. The van der Waals surface area contributed by atoms with E-state index in [1.54, 1.807) is 6.07 Å². The van der Waals surface area contributed by atoms with Gasteiger partial charge in [-0.3, -0.25) is 9.69 Å². The van der Waals surface area contributed by atoms with Gasteiger partial charge in [-0.25, -0.2) is 0 Å². The maximum absolute atomic E-state index is 12.5. The van der Waals surface area contributed by atoms with Gasteiger partial charge < -0.3 is 5.32 Å². The number of hydrogen-bond acceptors (Lipinski definition) is 2. The number of rotatable bonds is 9. The summed E-state index contributed by atoms with van der Waals surface area (Å²) in [6.07, 6.45) is 6.67. The predicted molar refractivity (Wildman–Crippen MR) is 111 cm³/mol. The first kappa shape index (κ1) is 21.5. The molecule has 0 spiro atoms. The van der Waals surface area contributed by atoms with Crippen LogP contribution in [0, 0.1) is 11.8 Å². The van der Waals surface area contributed by atoms with Gasteiger partial charge in [-0.05, 0) is 56.0 Å². The maximum Gasteiger partial charge on any atom is 0.223 e. The number of nitrogens with one attached hydrogen (secondary N) is 1. The van der Waals surface area contributed by atoms with Gasteiger partial charge in [0.25, 0.3) is 0 Å². The number of benzene rings is 1. The van der Waals surface area contributed by atoms with Crippen molar-refractivity contribution in [2.45, 2.75) is 58.9 Å². The Morgan fingerprint density at radius 3 is 2.62 bits per heavy atom. The summed E-state index contributed by atoms with van der Waals surface area (Å²) in [7, 11) is 0. The van der Waals surface area contributed by atoms with E-state index in [-0.39, 0.29) is 11.8 Å². The third kappa shape index (κ3) is 6.75. The fourth-order valence-corrected chi connectivity index (χ4v) is 4.04. The zero-order valence-electron chi connectivity index (χ0n) is 16.1. The van der Waals surface area contributed by atoms with Gasteiger partial charge >= 0.3 is 0 Å². The molecule has 1 aliphatic rings. The molecule has 0 bridgehead atoms. The highest BCUT2D eigenvalue weighted by atomic mass is 35.5. The largest absolute Gasteiger partial charge is 0.356 e. The summed E-state index contributed by atoms with van der Waals surface area (Å²) in [5, 5.41) is 4.58. The Labute approximate surface area is 168 Å². The predicted octanol–water partition coefficient (Wildman–Crippen LogP) is 5.54. The van der Waals surface area contributed by atoms with Crippen LogP contribution in [0.4, 0.5) is 0 Å². The molecule has 1 aromatic carbocycles. The van der Waals surface area contributed by atoms with Crippen LogP contribution in [-0.4, -0.2) is 30.4 Å². The number of amides is 1. The van der Waals surface area contributed by atoms with Crippen LogP contribution < -0.4 is 5.32 Å². The molecule has 146 valence electrons. The minimum atomic E-state index is 0.149. The first-order valence-corrected chi connectivity index (χ1v) is 10.7. The van der Waals surface area contributed by atoms with E-state index < -0.39 is 0 Å². The summed E-state index contributed by atoms with van der Waals surface area (Å²) in [5.41, 5.74) is 1.10. The lowest BCUT2D eigenvalue weighted by Gasteiger charge is -2.31. The average Bonchev–Trinajstić information content (AvgIpc) is 2.64. The van der Waals surface area contributed by atoms with Gasteiger partial charge in [0.15, 0.2) is 0 Å². The van der Waals surface area contributed by atoms with Crippen LogP contribution in [0.5, 0.6) is 0 Å². The number of likely N-dealkylation sites (tertiary alicyclic amines) is 1. The number of unbranched alkanes of at least 4 members (excludes halogenated alkanes) is 1. The number of carbonyl (C=O) groups excluding carboxylic acids is 1. The quantitative estimate of drug-likeness (QED) is 0.592. The highest BCUT2D eigenvalue weighted by molar-refractivity contribution is 6.35. The smallest absolute Gasteiger partial charge is 0.223 e. The van der Waals surface area contributed by atoms with Gasteiger partial charge in [-0.15, -0.1) is 0 Å². The highest BCUT2D eigenvalue weighted by Crippen LogP contribution is 2.25. The molecular formula is C21H32Cl2N2O. The zero-order valence-corrected chi connectivity index (χ0v) is 17.6. The van der Waals surface area contributed by atoms with E-state index in [4.69, 9.17) is 23.2 Å². The summed E-state index contributed by atoms with van der Waals surface area (Å²) < 4.78 is 0. The molecule has 1 amide bonds. The Kier molecular flexibility index (Phi) is 9.24. The Bertz CT molecular complexity index is 571. The minimum absolute atomic E-state index is 0.149. The number of nitrogens with zero attached hydrogens (tertiary/aromatic N) is 1. The molecule has 5 heteroatoms. The summed E-state index contributed by atoms with van der Waals surface area (Å²) in [6, 6.07) is 5.66. The second kappa shape index (κ2) is 11.2. The van der Waals surface area contributed by atoms with Crippen molar-refractivity contribution in [1.29, 1.82) is 0 Å². The molecule has 3 nitrogen and oxygen atoms in total. The SMILES string of the molecule is CCCC[C@@H](CC)CNC(=O)C1CCN(Cc2ccc(Cl)cc2Cl)CC1. The Morgan fingerprint density at radius 2 is 2.00 bits per heavy atom. The molecule has 0 saturated carbocycles. The fraction of sp³-hybridized carbons (Fsp3) is 0.667. The normalized spacial score (nSPS) is 17.2. The van der Waals surface area contributed by atoms with E-state index in [9.17, 15) is 4.79 Å². The topological polar surface area (TPSA) is 32.3 Å². The summed E-state index contributed by atoms with van der Waals surface area (Å²) in [5.74, 6) is 1.01. The lowest BCUT2D eigenvalue weighted by atomic mass is 9.94. The van der Waals surface area contributed by atoms with Gasteiger partial charge in [0, 0.05) is 29.1 Å². The zero-order chi connectivity index (χ0) is 18.9. The van der Waals surface area contributed by atoms with Crippen LogP contribution in [-0.2, 0) is 11.3 Å². The van der Waals surface area contributed by atoms with E-state index in [2.05, 4.69) is 24.1 Å². The van der Waals surface area contributed by atoms with E-state index >= 15 is 0 Å². The molecule has 1 N–H and O–H groups in total. The van der Waals surface area contributed by atoms with E-state index in [1.165, 1.54) is 19.3 Å². The molecular weight excluding hydrogens is 367 g/mol. The van der Waals surface area contributed by atoms with E-state index in [0.29, 0.717) is 10.9 Å². The van der Waals surface area contributed by atoms with Crippen LogP contribution in [0.3, 0.4) is 0 Å². The van der Waals surface area contributed by atoms with Crippen molar-refractivity contribution in [2.75, 3.05) is 19.6 Å². The maximum atomic E-state index is 12.5. The van der Waals surface area contributed by atoms with Crippen molar-refractivity contribution in [3.63, 3.8) is 0 Å². The van der Waals surface area contributed by atoms with Crippen molar-refractivity contribution < 1.29 is 4.79 Å². The Hall–Kier alpha value is -0.770. The second-order valence-electron chi connectivity index (χ2n) is 7.45. The van der Waals surface area contributed by atoms with Crippen LogP contribution in [0.15, 0.2) is 18.2 Å².